The molecule has 21 heavy (non-hydrogen) atoms. The normalized spacial score (nSPS) is 10.8. The molecule has 3 rings (SSSR count). The third kappa shape index (κ3) is 2.57. The summed E-state index contributed by atoms with van der Waals surface area (Å²) >= 11 is 5.91. The first-order valence-corrected chi connectivity index (χ1v) is 6.54. The minimum atomic E-state index is -0.464. The zero-order chi connectivity index (χ0) is 15.0. The summed E-state index contributed by atoms with van der Waals surface area (Å²) in [5.41, 5.74) is 8.28. The SMILES string of the molecule is Cc1cc(N)cc(-c2nnnn2-c2cc(Cl)ccc2F)c1. The van der Waals surface area contributed by atoms with Gasteiger partial charge in [0.05, 0.1) is 0 Å². The number of tetrazole rings is 1. The van der Waals surface area contributed by atoms with Crippen molar-refractivity contribution >= 4 is 17.3 Å². The molecule has 7 heteroatoms. The maximum Gasteiger partial charge on any atom is 0.187 e. The summed E-state index contributed by atoms with van der Waals surface area (Å²) in [6.45, 7) is 1.91. The van der Waals surface area contributed by atoms with Crippen LogP contribution in [0.5, 0.6) is 0 Å². The lowest BCUT2D eigenvalue weighted by molar-refractivity contribution is 0.608. The average Bonchev–Trinajstić information content (AvgIpc) is 2.89. The second-order valence-corrected chi connectivity index (χ2v) is 5.08. The minimum absolute atomic E-state index is 0.183. The van der Waals surface area contributed by atoms with Gasteiger partial charge in [-0.05, 0) is 59.3 Å². The highest BCUT2D eigenvalue weighted by molar-refractivity contribution is 6.30. The van der Waals surface area contributed by atoms with Gasteiger partial charge in [-0.15, -0.1) is 5.10 Å². The summed E-state index contributed by atoms with van der Waals surface area (Å²) in [5, 5.41) is 11.8. The molecule has 0 unspecified atom stereocenters. The molecule has 0 fully saturated rings. The van der Waals surface area contributed by atoms with Crippen molar-refractivity contribution in [2.24, 2.45) is 0 Å². The van der Waals surface area contributed by atoms with Gasteiger partial charge < -0.3 is 5.73 Å². The van der Waals surface area contributed by atoms with E-state index in [1.54, 1.807) is 6.07 Å². The smallest absolute Gasteiger partial charge is 0.187 e. The lowest BCUT2D eigenvalue weighted by Crippen LogP contribution is -2.03. The maximum atomic E-state index is 14.0. The third-order valence-electron chi connectivity index (χ3n) is 2.96. The van der Waals surface area contributed by atoms with Crippen LogP contribution in [0.4, 0.5) is 10.1 Å². The molecule has 1 heterocycles. The van der Waals surface area contributed by atoms with Crippen LogP contribution in [-0.2, 0) is 0 Å². The predicted octanol–water partition coefficient (Wildman–Crippen LogP) is 3.01. The Morgan fingerprint density at radius 3 is 2.76 bits per heavy atom. The van der Waals surface area contributed by atoms with Gasteiger partial charge in [-0.1, -0.05) is 11.6 Å². The van der Waals surface area contributed by atoms with Crippen LogP contribution in [0.25, 0.3) is 17.1 Å². The molecule has 0 saturated heterocycles. The molecule has 5 nitrogen and oxygen atoms in total. The van der Waals surface area contributed by atoms with E-state index in [0.29, 0.717) is 22.1 Å². The lowest BCUT2D eigenvalue weighted by Gasteiger charge is -2.07. The molecule has 0 radical (unpaired) electrons. The van der Waals surface area contributed by atoms with E-state index in [2.05, 4.69) is 15.5 Å². The molecule has 0 spiro atoms. The van der Waals surface area contributed by atoms with E-state index < -0.39 is 5.82 Å². The Kier molecular flexibility index (Phi) is 3.31. The molecule has 0 aliphatic carbocycles. The van der Waals surface area contributed by atoms with Crippen molar-refractivity contribution in [1.29, 1.82) is 0 Å². The van der Waals surface area contributed by atoms with Crippen molar-refractivity contribution in [2.45, 2.75) is 6.92 Å². The van der Waals surface area contributed by atoms with Crippen LogP contribution in [0.3, 0.4) is 0 Å². The minimum Gasteiger partial charge on any atom is -0.399 e. The summed E-state index contributed by atoms with van der Waals surface area (Å²) in [4.78, 5) is 0. The molecule has 1 aromatic heterocycles. The Labute approximate surface area is 125 Å². The van der Waals surface area contributed by atoms with E-state index >= 15 is 0 Å². The van der Waals surface area contributed by atoms with E-state index in [-0.39, 0.29) is 5.69 Å². The first kappa shape index (κ1) is 13.5. The molecule has 106 valence electrons. The number of halogens is 2. The Hall–Kier alpha value is -2.47. The third-order valence-corrected chi connectivity index (χ3v) is 3.20. The van der Waals surface area contributed by atoms with E-state index in [9.17, 15) is 4.39 Å². The summed E-state index contributed by atoms with van der Waals surface area (Å²) < 4.78 is 15.3. The van der Waals surface area contributed by atoms with Gasteiger partial charge in [-0.2, -0.15) is 4.68 Å². The van der Waals surface area contributed by atoms with E-state index in [1.165, 1.54) is 22.9 Å². The molecule has 2 N–H and O–H groups in total. The van der Waals surface area contributed by atoms with Gasteiger partial charge in [0, 0.05) is 16.3 Å². The molecule has 0 aliphatic heterocycles. The molecular weight excluding hydrogens is 293 g/mol. The predicted molar refractivity (Wildman–Crippen MR) is 78.7 cm³/mol. The van der Waals surface area contributed by atoms with Crippen molar-refractivity contribution in [1.82, 2.24) is 20.2 Å². The van der Waals surface area contributed by atoms with Gasteiger partial charge in [0.2, 0.25) is 0 Å². The Morgan fingerprint density at radius 2 is 2.00 bits per heavy atom. The number of hydrogen-bond donors (Lipinski definition) is 1. The number of rotatable bonds is 2. The fourth-order valence-electron chi connectivity index (χ4n) is 2.12. The lowest BCUT2D eigenvalue weighted by atomic mass is 10.1. The van der Waals surface area contributed by atoms with Crippen molar-refractivity contribution in [2.75, 3.05) is 5.73 Å². The molecular formula is C14H11ClFN5. The first-order valence-electron chi connectivity index (χ1n) is 6.16. The highest BCUT2D eigenvalue weighted by Crippen LogP contribution is 2.25. The Morgan fingerprint density at radius 1 is 1.19 bits per heavy atom. The van der Waals surface area contributed by atoms with Crippen LogP contribution < -0.4 is 5.73 Å². The van der Waals surface area contributed by atoms with E-state index in [1.807, 2.05) is 19.1 Å². The number of aromatic nitrogens is 4. The quantitative estimate of drug-likeness (QED) is 0.739. The van der Waals surface area contributed by atoms with E-state index in [4.69, 9.17) is 17.3 Å². The van der Waals surface area contributed by atoms with E-state index in [0.717, 1.165) is 5.56 Å². The summed E-state index contributed by atoms with van der Waals surface area (Å²) in [6.07, 6.45) is 0. The van der Waals surface area contributed by atoms with Crippen molar-refractivity contribution in [3.05, 3.63) is 52.8 Å². The fraction of sp³-hybridized carbons (Fsp3) is 0.0714. The van der Waals surface area contributed by atoms with Crippen LogP contribution in [-0.4, -0.2) is 20.2 Å². The number of nitrogens with zero attached hydrogens (tertiary/aromatic N) is 4. The number of nitrogen functional groups attached to an aromatic ring is 1. The molecule has 0 saturated carbocycles. The van der Waals surface area contributed by atoms with Crippen LogP contribution >= 0.6 is 11.6 Å². The highest BCUT2D eigenvalue weighted by atomic mass is 35.5. The fourth-order valence-corrected chi connectivity index (χ4v) is 2.29. The molecule has 0 aliphatic rings. The van der Waals surface area contributed by atoms with Crippen LogP contribution in [0.1, 0.15) is 5.56 Å². The van der Waals surface area contributed by atoms with Gasteiger partial charge in [0.25, 0.3) is 0 Å². The Bertz CT molecular complexity index is 795. The van der Waals surface area contributed by atoms with Crippen molar-refractivity contribution < 1.29 is 4.39 Å². The monoisotopic (exact) mass is 303 g/mol. The van der Waals surface area contributed by atoms with Gasteiger partial charge in [-0.25, -0.2) is 4.39 Å². The second-order valence-electron chi connectivity index (χ2n) is 4.64. The first-order chi connectivity index (χ1) is 10.0. The molecule has 3 aromatic rings. The topological polar surface area (TPSA) is 69.6 Å². The van der Waals surface area contributed by atoms with Gasteiger partial charge in [0.1, 0.15) is 11.5 Å². The largest absolute Gasteiger partial charge is 0.399 e. The number of benzene rings is 2. The molecule has 0 amide bonds. The molecule has 2 aromatic carbocycles. The number of aryl methyl sites for hydroxylation is 1. The average molecular weight is 304 g/mol. The maximum absolute atomic E-state index is 14.0. The van der Waals surface area contributed by atoms with Crippen molar-refractivity contribution in [3.8, 4) is 17.1 Å². The Balaban J connectivity index is 2.19. The van der Waals surface area contributed by atoms with Crippen LogP contribution in [0.15, 0.2) is 36.4 Å². The zero-order valence-electron chi connectivity index (χ0n) is 11.1. The van der Waals surface area contributed by atoms with Crippen LogP contribution in [0, 0.1) is 12.7 Å². The second kappa shape index (κ2) is 5.14. The van der Waals surface area contributed by atoms with Crippen LogP contribution in [0.2, 0.25) is 5.02 Å². The van der Waals surface area contributed by atoms with Gasteiger partial charge >= 0.3 is 0 Å². The summed E-state index contributed by atoms with van der Waals surface area (Å²) in [5.74, 6) is -0.0693. The van der Waals surface area contributed by atoms with Gasteiger partial charge in [0.15, 0.2) is 5.82 Å². The molecule has 0 atom stereocenters. The number of nitrogens with two attached hydrogens (primary N) is 1. The van der Waals surface area contributed by atoms with Crippen molar-refractivity contribution in [3.63, 3.8) is 0 Å². The zero-order valence-corrected chi connectivity index (χ0v) is 11.8. The summed E-state index contributed by atoms with van der Waals surface area (Å²) in [7, 11) is 0. The van der Waals surface area contributed by atoms with Gasteiger partial charge in [-0.3, -0.25) is 0 Å². The summed E-state index contributed by atoms with van der Waals surface area (Å²) in [6, 6.07) is 9.65. The molecule has 0 bridgehead atoms. The number of anilines is 1. The highest BCUT2D eigenvalue weighted by Gasteiger charge is 2.15. The number of hydrogen-bond acceptors (Lipinski definition) is 4. The standard InChI is InChI=1S/C14H11ClFN5/c1-8-4-9(6-11(17)5-8)14-18-19-20-21(14)13-7-10(15)2-3-12(13)16/h2-7H,17H2,1H3.